The van der Waals surface area contributed by atoms with Crippen LogP contribution in [0.5, 0.6) is 5.75 Å². The van der Waals surface area contributed by atoms with Crippen molar-refractivity contribution < 1.29 is 27.5 Å². The maximum Gasteiger partial charge on any atom is 0.408 e. The van der Waals surface area contributed by atoms with Gasteiger partial charge in [-0.1, -0.05) is 42.5 Å². The van der Waals surface area contributed by atoms with Gasteiger partial charge in [0.1, 0.15) is 12.7 Å². The minimum atomic E-state index is -4.72. The molecule has 7 nitrogen and oxygen atoms in total. The SMILES string of the molecule is C[C@@H](N1CN([C@H]2c3ccccc3CSc3ccccc32)n2ccc(=O)c(OC(=O)C3CC3)c2C1=O)C(F)(F)F. The Morgan fingerprint density at radius 1 is 1.03 bits per heavy atom. The zero-order valence-electron chi connectivity index (χ0n) is 20.9. The van der Waals surface area contributed by atoms with Gasteiger partial charge in [-0.25, -0.2) is 0 Å². The number of alkyl halides is 3. The van der Waals surface area contributed by atoms with E-state index in [0.717, 1.165) is 28.5 Å². The molecule has 3 aromatic rings. The van der Waals surface area contributed by atoms with E-state index in [1.807, 2.05) is 48.5 Å². The van der Waals surface area contributed by atoms with Crippen LogP contribution in [0.1, 0.15) is 53.0 Å². The van der Waals surface area contributed by atoms with Crippen molar-refractivity contribution in [1.82, 2.24) is 9.58 Å². The Morgan fingerprint density at radius 3 is 2.44 bits per heavy atom. The van der Waals surface area contributed by atoms with E-state index in [1.165, 1.54) is 16.9 Å². The largest absolute Gasteiger partial charge is 0.420 e. The number of carbonyl (C=O) groups excluding carboxylic acids is 2. The minimum absolute atomic E-state index is 0.386. The first kappa shape index (κ1) is 25.5. The lowest BCUT2D eigenvalue weighted by molar-refractivity contribution is -0.173. The van der Waals surface area contributed by atoms with Gasteiger partial charge in [0, 0.05) is 22.9 Å². The van der Waals surface area contributed by atoms with Crippen LogP contribution in [0.25, 0.3) is 0 Å². The number of amides is 1. The van der Waals surface area contributed by atoms with E-state index >= 15 is 0 Å². The van der Waals surface area contributed by atoms with Gasteiger partial charge in [0.25, 0.3) is 5.91 Å². The lowest BCUT2D eigenvalue weighted by atomic mass is 9.94. The number of nitrogens with zero attached hydrogens (tertiary/aromatic N) is 3. The summed E-state index contributed by atoms with van der Waals surface area (Å²) in [6, 6.07) is 13.7. The maximum absolute atomic E-state index is 14.0. The molecule has 0 bridgehead atoms. The number of esters is 1. The topological polar surface area (TPSA) is 71.8 Å². The van der Waals surface area contributed by atoms with Crippen LogP contribution in [-0.2, 0) is 10.5 Å². The molecule has 1 amide bonds. The molecule has 0 spiro atoms. The number of hydrogen-bond acceptors (Lipinski definition) is 6. The molecule has 11 heteroatoms. The average molecular weight is 556 g/mol. The molecule has 1 aliphatic carbocycles. The van der Waals surface area contributed by atoms with E-state index in [2.05, 4.69) is 0 Å². The number of rotatable bonds is 4. The third-order valence-corrected chi connectivity index (χ3v) is 8.51. The van der Waals surface area contributed by atoms with Crippen LogP contribution in [0.3, 0.4) is 0 Å². The minimum Gasteiger partial charge on any atom is -0.420 e. The van der Waals surface area contributed by atoms with Crippen molar-refractivity contribution in [2.45, 2.75) is 48.7 Å². The number of benzene rings is 2. The first-order valence-corrected chi connectivity index (χ1v) is 13.5. The second-order valence-electron chi connectivity index (χ2n) is 9.90. The molecular formula is C28H24F3N3O4S. The Bertz CT molecular complexity index is 1490. The van der Waals surface area contributed by atoms with Crippen LogP contribution in [0.4, 0.5) is 13.2 Å². The van der Waals surface area contributed by atoms with Crippen molar-refractivity contribution in [2.24, 2.45) is 5.92 Å². The monoisotopic (exact) mass is 555 g/mol. The summed E-state index contributed by atoms with van der Waals surface area (Å²) in [5.74, 6) is -1.98. The highest BCUT2D eigenvalue weighted by Gasteiger charge is 2.48. The fraction of sp³-hybridized carbons (Fsp3) is 0.321. The van der Waals surface area contributed by atoms with Gasteiger partial charge in [-0.2, -0.15) is 13.2 Å². The van der Waals surface area contributed by atoms with Crippen molar-refractivity contribution >= 4 is 23.6 Å². The van der Waals surface area contributed by atoms with Gasteiger partial charge in [-0.05, 0) is 42.5 Å². The van der Waals surface area contributed by atoms with Crippen molar-refractivity contribution in [3.05, 3.63) is 93.4 Å². The second-order valence-corrected chi connectivity index (χ2v) is 10.9. The van der Waals surface area contributed by atoms with Gasteiger partial charge in [0.2, 0.25) is 11.2 Å². The van der Waals surface area contributed by atoms with Crippen molar-refractivity contribution in [3.8, 4) is 5.75 Å². The van der Waals surface area contributed by atoms with Crippen LogP contribution in [-0.4, -0.2) is 40.3 Å². The molecule has 1 aromatic heterocycles. The van der Waals surface area contributed by atoms with Crippen molar-refractivity contribution in [2.75, 3.05) is 11.7 Å². The third kappa shape index (κ3) is 4.48. The molecule has 0 N–H and O–H groups in total. The summed E-state index contributed by atoms with van der Waals surface area (Å²) in [6.07, 6.45) is -2.17. The summed E-state index contributed by atoms with van der Waals surface area (Å²) in [5.41, 5.74) is 1.57. The molecule has 202 valence electrons. The average Bonchev–Trinajstić information content (AvgIpc) is 3.77. The fourth-order valence-electron chi connectivity index (χ4n) is 5.04. The normalized spacial score (nSPS) is 19.5. The number of fused-ring (bicyclic) bond motifs is 3. The maximum atomic E-state index is 14.0. The van der Waals surface area contributed by atoms with Crippen LogP contribution >= 0.6 is 11.8 Å². The first-order valence-electron chi connectivity index (χ1n) is 12.6. The van der Waals surface area contributed by atoms with E-state index < -0.39 is 53.7 Å². The Morgan fingerprint density at radius 2 is 1.72 bits per heavy atom. The number of hydrogen-bond donors (Lipinski definition) is 0. The first-order chi connectivity index (χ1) is 18.6. The molecule has 3 heterocycles. The second kappa shape index (κ2) is 9.48. The predicted octanol–water partition coefficient (Wildman–Crippen LogP) is 4.86. The third-order valence-electron chi connectivity index (χ3n) is 7.37. The van der Waals surface area contributed by atoms with Crippen LogP contribution in [0.2, 0.25) is 0 Å². The van der Waals surface area contributed by atoms with E-state index in [0.29, 0.717) is 23.5 Å². The van der Waals surface area contributed by atoms with Gasteiger partial charge in [0.15, 0.2) is 5.69 Å². The molecule has 0 unspecified atom stereocenters. The number of carbonyl (C=O) groups is 2. The molecule has 3 aliphatic rings. The molecule has 0 radical (unpaired) electrons. The van der Waals surface area contributed by atoms with Crippen LogP contribution in [0.15, 0.2) is 70.5 Å². The fourth-order valence-corrected chi connectivity index (χ4v) is 6.14. The summed E-state index contributed by atoms with van der Waals surface area (Å²) in [5, 5.41) is 1.64. The van der Waals surface area contributed by atoms with E-state index in [-0.39, 0.29) is 5.92 Å². The Labute approximate surface area is 226 Å². The number of thioether (sulfide) groups is 1. The summed E-state index contributed by atoms with van der Waals surface area (Å²) in [7, 11) is 0. The van der Waals surface area contributed by atoms with Gasteiger partial charge in [-0.15, -0.1) is 11.8 Å². The standard InChI is InChI=1S/C28H24F3N3O4S/c1-16(28(29,30)31)32-15-34(23-19-7-3-2-6-18(19)14-39-22-9-5-4-8-20(22)23)33-13-12-21(35)25(24(33)26(32)36)38-27(37)17-10-11-17/h2-9,12-13,16-17,23H,10-11,14-15H2,1H3/t16-,23+/m1/s1. The summed E-state index contributed by atoms with van der Waals surface area (Å²) >= 11 is 1.62. The van der Waals surface area contributed by atoms with E-state index in [1.54, 1.807) is 16.8 Å². The Balaban J connectivity index is 1.58. The van der Waals surface area contributed by atoms with Gasteiger partial charge in [-0.3, -0.25) is 24.1 Å². The number of pyridine rings is 1. The van der Waals surface area contributed by atoms with Crippen LogP contribution in [0, 0.1) is 5.92 Å². The Kier molecular flexibility index (Phi) is 6.21. The zero-order chi connectivity index (χ0) is 27.5. The molecule has 2 atom stereocenters. The highest BCUT2D eigenvalue weighted by molar-refractivity contribution is 7.98. The number of aromatic nitrogens is 1. The Hall–Kier alpha value is -3.73. The van der Waals surface area contributed by atoms with E-state index in [9.17, 15) is 27.6 Å². The highest BCUT2D eigenvalue weighted by atomic mass is 32.2. The zero-order valence-corrected chi connectivity index (χ0v) is 21.7. The number of ether oxygens (including phenoxy) is 1. The molecular weight excluding hydrogens is 531 g/mol. The lowest BCUT2D eigenvalue weighted by Gasteiger charge is -2.46. The highest BCUT2D eigenvalue weighted by Crippen LogP contribution is 2.43. The lowest BCUT2D eigenvalue weighted by Crippen LogP contribution is -2.60. The summed E-state index contributed by atoms with van der Waals surface area (Å²) in [4.78, 5) is 40.8. The molecule has 2 aromatic carbocycles. The smallest absolute Gasteiger partial charge is 0.408 e. The van der Waals surface area contributed by atoms with Gasteiger partial charge < -0.3 is 9.64 Å². The predicted molar refractivity (Wildman–Crippen MR) is 138 cm³/mol. The summed E-state index contributed by atoms with van der Waals surface area (Å²) < 4.78 is 48.9. The molecule has 1 saturated carbocycles. The number of halogens is 3. The summed E-state index contributed by atoms with van der Waals surface area (Å²) in [6.45, 7) is 0.497. The van der Waals surface area contributed by atoms with E-state index in [4.69, 9.17) is 4.74 Å². The molecule has 39 heavy (non-hydrogen) atoms. The quantitative estimate of drug-likeness (QED) is 0.429. The van der Waals surface area contributed by atoms with Crippen molar-refractivity contribution in [3.63, 3.8) is 0 Å². The molecule has 0 saturated heterocycles. The van der Waals surface area contributed by atoms with Crippen LogP contribution < -0.4 is 15.2 Å². The molecule has 2 aliphatic heterocycles. The molecule has 6 rings (SSSR count). The van der Waals surface area contributed by atoms with Crippen molar-refractivity contribution in [1.29, 1.82) is 0 Å². The molecule has 1 fully saturated rings. The van der Waals surface area contributed by atoms with Gasteiger partial charge in [0.05, 0.1) is 12.0 Å². The van der Waals surface area contributed by atoms with Gasteiger partial charge >= 0.3 is 12.1 Å².